The topological polar surface area (TPSA) is 55.4 Å². The summed E-state index contributed by atoms with van der Waals surface area (Å²) >= 11 is 0. The minimum atomic E-state index is -0.716. The largest absolute Gasteiger partial charge is 0.376 e. The van der Waals surface area contributed by atoms with Gasteiger partial charge < -0.3 is 10.1 Å². The van der Waals surface area contributed by atoms with Gasteiger partial charge in [0.2, 0.25) is 5.91 Å². The van der Waals surface area contributed by atoms with E-state index >= 15 is 0 Å². The van der Waals surface area contributed by atoms with Gasteiger partial charge in [-0.05, 0) is 32.6 Å². The van der Waals surface area contributed by atoms with Crippen LogP contribution in [0.4, 0.5) is 0 Å². The molecule has 0 aliphatic heterocycles. The van der Waals surface area contributed by atoms with E-state index in [0.29, 0.717) is 12.3 Å². The SMILES string of the molecule is COC(C)(C)[C@H](NC(=O)CC1CCCCC1)C(=O)C(C)(C)C. The first-order chi connectivity index (χ1) is 10.1. The highest BCUT2D eigenvalue weighted by atomic mass is 16.5. The first-order valence-corrected chi connectivity index (χ1v) is 8.46. The van der Waals surface area contributed by atoms with E-state index < -0.39 is 17.1 Å². The second-order valence-corrected chi connectivity index (χ2v) is 8.13. The lowest BCUT2D eigenvalue weighted by atomic mass is 9.80. The molecular weight excluding hydrogens is 278 g/mol. The fourth-order valence-corrected chi connectivity index (χ4v) is 2.98. The Kier molecular flexibility index (Phi) is 6.60. The molecule has 1 rings (SSSR count). The van der Waals surface area contributed by atoms with E-state index in [2.05, 4.69) is 5.32 Å². The van der Waals surface area contributed by atoms with Gasteiger partial charge in [-0.15, -0.1) is 0 Å². The lowest BCUT2D eigenvalue weighted by molar-refractivity contribution is -0.140. The van der Waals surface area contributed by atoms with E-state index in [1.807, 2.05) is 34.6 Å². The van der Waals surface area contributed by atoms with Gasteiger partial charge >= 0.3 is 0 Å². The predicted molar refractivity (Wildman–Crippen MR) is 88.7 cm³/mol. The first-order valence-electron chi connectivity index (χ1n) is 8.46. The summed E-state index contributed by atoms with van der Waals surface area (Å²) in [6.45, 7) is 9.33. The van der Waals surface area contributed by atoms with Crippen molar-refractivity contribution in [1.82, 2.24) is 5.32 Å². The summed E-state index contributed by atoms with van der Waals surface area (Å²) in [5, 5.41) is 2.95. The highest BCUT2D eigenvalue weighted by Gasteiger charge is 2.41. The molecule has 0 aromatic heterocycles. The summed E-state index contributed by atoms with van der Waals surface area (Å²) in [5.41, 5.74) is -1.23. The molecule has 0 spiro atoms. The van der Waals surface area contributed by atoms with Crippen LogP contribution in [0.3, 0.4) is 0 Å². The fourth-order valence-electron chi connectivity index (χ4n) is 2.98. The van der Waals surface area contributed by atoms with Crippen molar-refractivity contribution in [3.63, 3.8) is 0 Å². The normalized spacial score (nSPS) is 18.8. The third-order valence-corrected chi connectivity index (χ3v) is 4.73. The second-order valence-electron chi connectivity index (χ2n) is 8.13. The van der Waals surface area contributed by atoms with E-state index in [9.17, 15) is 9.59 Å². The lowest BCUT2D eigenvalue weighted by Crippen LogP contribution is -2.58. The van der Waals surface area contributed by atoms with Gasteiger partial charge in [0.15, 0.2) is 5.78 Å². The van der Waals surface area contributed by atoms with Gasteiger partial charge in [-0.25, -0.2) is 0 Å². The van der Waals surface area contributed by atoms with Gasteiger partial charge in [-0.2, -0.15) is 0 Å². The summed E-state index contributed by atoms with van der Waals surface area (Å²) < 4.78 is 5.47. The van der Waals surface area contributed by atoms with Crippen molar-refractivity contribution in [3.8, 4) is 0 Å². The number of methoxy groups -OCH3 is 1. The molecule has 0 unspecified atom stereocenters. The Morgan fingerprint density at radius 2 is 1.64 bits per heavy atom. The maximum absolute atomic E-state index is 12.7. The molecule has 1 fully saturated rings. The number of hydrogen-bond donors (Lipinski definition) is 1. The zero-order valence-electron chi connectivity index (χ0n) is 15.1. The Labute approximate surface area is 135 Å². The zero-order valence-corrected chi connectivity index (χ0v) is 15.1. The van der Waals surface area contributed by atoms with Crippen LogP contribution in [-0.4, -0.2) is 30.4 Å². The maximum Gasteiger partial charge on any atom is 0.220 e. The number of ketones is 1. The van der Waals surface area contributed by atoms with Crippen LogP contribution < -0.4 is 5.32 Å². The summed E-state index contributed by atoms with van der Waals surface area (Å²) in [6, 6.07) is -0.617. The van der Waals surface area contributed by atoms with E-state index in [1.54, 1.807) is 7.11 Å². The van der Waals surface area contributed by atoms with Crippen molar-refractivity contribution in [2.45, 2.75) is 84.8 Å². The van der Waals surface area contributed by atoms with Crippen molar-refractivity contribution < 1.29 is 14.3 Å². The average Bonchev–Trinajstić information content (AvgIpc) is 2.44. The third kappa shape index (κ3) is 5.38. The Balaban J connectivity index is 2.75. The molecule has 0 aromatic carbocycles. The molecule has 22 heavy (non-hydrogen) atoms. The molecule has 1 aliphatic rings. The van der Waals surface area contributed by atoms with Gasteiger partial charge in [0.05, 0.1) is 5.60 Å². The number of Topliss-reactive ketones (excluding diaryl/α,β-unsaturated/α-hetero) is 1. The number of amides is 1. The van der Waals surface area contributed by atoms with Crippen molar-refractivity contribution in [1.29, 1.82) is 0 Å². The first kappa shape index (κ1) is 19.1. The minimum Gasteiger partial charge on any atom is -0.376 e. The number of rotatable bonds is 6. The smallest absolute Gasteiger partial charge is 0.220 e. The molecule has 1 aliphatic carbocycles. The van der Waals surface area contributed by atoms with Crippen LogP contribution in [0.1, 0.15) is 73.1 Å². The molecule has 4 heteroatoms. The Hall–Kier alpha value is -0.900. The molecule has 1 N–H and O–H groups in total. The van der Waals surface area contributed by atoms with Crippen molar-refractivity contribution in [2.75, 3.05) is 7.11 Å². The van der Waals surface area contributed by atoms with E-state index in [0.717, 1.165) is 12.8 Å². The molecule has 4 nitrogen and oxygen atoms in total. The van der Waals surface area contributed by atoms with Gasteiger partial charge in [-0.3, -0.25) is 9.59 Å². The fraction of sp³-hybridized carbons (Fsp3) is 0.889. The second kappa shape index (κ2) is 7.58. The van der Waals surface area contributed by atoms with Crippen LogP contribution in [0.2, 0.25) is 0 Å². The minimum absolute atomic E-state index is 0.0105. The highest BCUT2D eigenvalue weighted by Crippen LogP contribution is 2.28. The monoisotopic (exact) mass is 311 g/mol. The van der Waals surface area contributed by atoms with Crippen molar-refractivity contribution >= 4 is 11.7 Å². The molecule has 1 atom stereocenters. The Morgan fingerprint density at radius 1 is 1.09 bits per heavy atom. The zero-order chi connectivity index (χ0) is 17.0. The molecule has 1 amide bonds. The van der Waals surface area contributed by atoms with Gasteiger partial charge in [-0.1, -0.05) is 40.0 Å². The van der Waals surface area contributed by atoms with Crippen LogP contribution in [0, 0.1) is 11.3 Å². The summed E-state index contributed by atoms with van der Waals surface area (Å²) in [6.07, 6.45) is 6.48. The van der Waals surface area contributed by atoms with E-state index in [-0.39, 0.29) is 11.7 Å². The van der Waals surface area contributed by atoms with Gasteiger partial charge in [0, 0.05) is 18.9 Å². The van der Waals surface area contributed by atoms with Gasteiger partial charge in [0.25, 0.3) is 0 Å². The quantitative estimate of drug-likeness (QED) is 0.817. The number of carbonyl (C=O) groups is 2. The molecule has 0 radical (unpaired) electrons. The summed E-state index contributed by atoms with van der Waals surface area (Å²) in [4.78, 5) is 25.1. The molecule has 1 saturated carbocycles. The molecule has 128 valence electrons. The number of hydrogen-bond acceptors (Lipinski definition) is 3. The Morgan fingerprint density at radius 3 is 2.09 bits per heavy atom. The van der Waals surface area contributed by atoms with Crippen LogP contribution in [0.15, 0.2) is 0 Å². The summed E-state index contributed by atoms with van der Waals surface area (Å²) in [5.74, 6) is 0.445. The average molecular weight is 311 g/mol. The van der Waals surface area contributed by atoms with Gasteiger partial charge in [0.1, 0.15) is 6.04 Å². The predicted octanol–water partition coefficient (Wildman–Crippen LogP) is 3.48. The standard InChI is InChI=1S/C18H33NO3/c1-17(2,3)16(21)15(18(4,5)22-6)19-14(20)12-13-10-8-7-9-11-13/h13,15H,7-12H2,1-6H3,(H,19,20)/t15-/m1/s1. The summed E-state index contributed by atoms with van der Waals surface area (Å²) in [7, 11) is 1.58. The van der Waals surface area contributed by atoms with Crippen molar-refractivity contribution in [2.24, 2.45) is 11.3 Å². The van der Waals surface area contributed by atoms with E-state index in [1.165, 1.54) is 19.3 Å². The van der Waals surface area contributed by atoms with Crippen LogP contribution in [-0.2, 0) is 14.3 Å². The Bertz CT molecular complexity index is 390. The lowest BCUT2D eigenvalue weighted by Gasteiger charge is -2.36. The number of ether oxygens (including phenoxy) is 1. The van der Waals surface area contributed by atoms with Crippen LogP contribution in [0.25, 0.3) is 0 Å². The number of nitrogens with one attached hydrogen (secondary N) is 1. The highest BCUT2D eigenvalue weighted by molar-refractivity contribution is 5.93. The molecule has 0 bridgehead atoms. The molecule has 0 saturated heterocycles. The van der Waals surface area contributed by atoms with Crippen LogP contribution >= 0.6 is 0 Å². The van der Waals surface area contributed by atoms with E-state index in [4.69, 9.17) is 4.74 Å². The molecule has 0 heterocycles. The third-order valence-electron chi connectivity index (χ3n) is 4.73. The number of carbonyl (C=O) groups excluding carboxylic acids is 2. The molecule has 0 aromatic rings. The van der Waals surface area contributed by atoms with Crippen molar-refractivity contribution in [3.05, 3.63) is 0 Å². The maximum atomic E-state index is 12.7. The van der Waals surface area contributed by atoms with Crippen LogP contribution in [0.5, 0.6) is 0 Å². The molecular formula is C18H33NO3.